The number of rotatable bonds is 5. The third-order valence-corrected chi connectivity index (χ3v) is 3.70. The third kappa shape index (κ3) is 3.01. The second-order valence-corrected chi connectivity index (χ2v) is 5.02. The third-order valence-electron chi connectivity index (χ3n) is 3.70. The van der Waals surface area contributed by atoms with Crippen LogP contribution in [0.25, 0.3) is 0 Å². The molecule has 0 spiro atoms. The number of benzene rings is 1. The molecular formula is C15H25NO. The molecule has 0 amide bonds. The summed E-state index contributed by atoms with van der Waals surface area (Å²) in [5, 5.41) is 10.4. The Hall–Kier alpha value is -1.02. The first-order valence-electron chi connectivity index (χ1n) is 6.51. The maximum atomic E-state index is 10.4. The highest BCUT2D eigenvalue weighted by molar-refractivity contribution is 5.48. The van der Waals surface area contributed by atoms with Crippen molar-refractivity contribution in [2.24, 2.45) is 5.92 Å². The van der Waals surface area contributed by atoms with E-state index in [0.29, 0.717) is 0 Å². The molecule has 2 heteroatoms. The van der Waals surface area contributed by atoms with E-state index in [1.165, 1.54) is 5.69 Å². The average molecular weight is 235 g/mol. The summed E-state index contributed by atoms with van der Waals surface area (Å²) in [4.78, 5) is 2.30. The van der Waals surface area contributed by atoms with E-state index in [4.69, 9.17) is 0 Å². The van der Waals surface area contributed by atoms with Gasteiger partial charge >= 0.3 is 0 Å². The molecule has 0 saturated carbocycles. The minimum Gasteiger partial charge on any atom is -0.385 e. The normalized spacial score (nSPS) is 14.8. The number of anilines is 1. The Bertz CT molecular complexity index is 336. The van der Waals surface area contributed by atoms with Crippen LogP contribution in [0.4, 0.5) is 5.69 Å². The van der Waals surface area contributed by atoms with Crippen LogP contribution in [0.3, 0.4) is 0 Å². The fraction of sp³-hybridized carbons (Fsp3) is 0.600. The summed E-state index contributed by atoms with van der Waals surface area (Å²) in [6.45, 7) is 12.3. The van der Waals surface area contributed by atoms with E-state index in [9.17, 15) is 5.11 Å². The van der Waals surface area contributed by atoms with Crippen molar-refractivity contribution in [3.63, 3.8) is 0 Å². The molecule has 96 valence electrons. The maximum absolute atomic E-state index is 10.4. The Morgan fingerprint density at radius 3 is 1.94 bits per heavy atom. The quantitative estimate of drug-likeness (QED) is 0.845. The fourth-order valence-electron chi connectivity index (χ4n) is 1.93. The Kier molecular flexibility index (Phi) is 4.58. The van der Waals surface area contributed by atoms with E-state index in [2.05, 4.69) is 30.9 Å². The van der Waals surface area contributed by atoms with Crippen molar-refractivity contribution in [1.82, 2.24) is 0 Å². The maximum Gasteiger partial charge on any atom is 0.0891 e. The van der Waals surface area contributed by atoms with Gasteiger partial charge in [0.1, 0.15) is 0 Å². The molecular weight excluding hydrogens is 210 g/mol. The van der Waals surface area contributed by atoms with Gasteiger partial charge in [-0.3, -0.25) is 0 Å². The fourth-order valence-corrected chi connectivity index (χ4v) is 1.93. The highest BCUT2D eigenvalue weighted by Gasteiger charge is 2.26. The molecule has 1 aromatic rings. The molecule has 1 N–H and O–H groups in total. The molecule has 1 unspecified atom stereocenters. The smallest absolute Gasteiger partial charge is 0.0891 e. The predicted molar refractivity (Wildman–Crippen MR) is 74.4 cm³/mol. The van der Waals surface area contributed by atoms with Crippen LogP contribution in [0.5, 0.6) is 0 Å². The summed E-state index contributed by atoms with van der Waals surface area (Å²) in [6.07, 6.45) is 0. The van der Waals surface area contributed by atoms with E-state index in [1.807, 2.05) is 32.9 Å². The van der Waals surface area contributed by atoms with Gasteiger partial charge in [0.05, 0.1) is 5.60 Å². The van der Waals surface area contributed by atoms with Gasteiger partial charge in [0, 0.05) is 18.8 Å². The Morgan fingerprint density at radius 2 is 1.59 bits per heavy atom. The van der Waals surface area contributed by atoms with Crippen LogP contribution in [0.15, 0.2) is 24.3 Å². The van der Waals surface area contributed by atoms with Crippen LogP contribution in [0, 0.1) is 5.92 Å². The van der Waals surface area contributed by atoms with Crippen LogP contribution in [0.1, 0.15) is 40.2 Å². The van der Waals surface area contributed by atoms with Crippen molar-refractivity contribution < 1.29 is 5.11 Å². The summed E-state index contributed by atoms with van der Waals surface area (Å²) in [7, 11) is 0. The van der Waals surface area contributed by atoms with Crippen LogP contribution in [-0.4, -0.2) is 18.2 Å². The number of nitrogens with zero attached hydrogens (tertiary/aromatic N) is 1. The lowest BCUT2D eigenvalue weighted by Gasteiger charge is -2.29. The van der Waals surface area contributed by atoms with E-state index in [-0.39, 0.29) is 5.92 Å². The van der Waals surface area contributed by atoms with Crippen molar-refractivity contribution in [2.75, 3.05) is 18.0 Å². The molecule has 1 atom stereocenters. The summed E-state index contributed by atoms with van der Waals surface area (Å²) >= 11 is 0. The van der Waals surface area contributed by atoms with Crippen LogP contribution < -0.4 is 4.90 Å². The van der Waals surface area contributed by atoms with Gasteiger partial charge in [-0.2, -0.15) is 0 Å². The standard InChI is InChI=1S/C15H25NO/c1-6-16(7-2)14-10-8-13(9-11-14)15(5,17)12(3)4/h8-12,17H,6-7H2,1-5H3. The first-order chi connectivity index (χ1) is 7.93. The number of hydrogen-bond donors (Lipinski definition) is 1. The van der Waals surface area contributed by atoms with Gasteiger partial charge in [0.15, 0.2) is 0 Å². The molecule has 0 fully saturated rings. The molecule has 1 rings (SSSR count). The van der Waals surface area contributed by atoms with Crippen molar-refractivity contribution in [1.29, 1.82) is 0 Å². The van der Waals surface area contributed by atoms with Gasteiger partial charge in [-0.25, -0.2) is 0 Å². The molecule has 0 aromatic heterocycles. The van der Waals surface area contributed by atoms with Crippen molar-refractivity contribution in [2.45, 2.75) is 40.2 Å². The first-order valence-corrected chi connectivity index (χ1v) is 6.51. The molecule has 0 radical (unpaired) electrons. The minimum atomic E-state index is -0.748. The van der Waals surface area contributed by atoms with Crippen molar-refractivity contribution in [3.8, 4) is 0 Å². The molecule has 17 heavy (non-hydrogen) atoms. The summed E-state index contributed by atoms with van der Waals surface area (Å²) in [5.41, 5.74) is 1.46. The SMILES string of the molecule is CCN(CC)c1ccc(C(C)(O)C(C)C)cc1. The van der Waals surface area contributed by atoms with E-state index >= 15 is 0 Å². The van der Waals surface area contributed by atoms with Gasteiger partial charge in [-0.15, -0.1) is 0 Å². The van der Waals surface area contributed by atoms with Crippen molar-refractivity contribution in [3.05, 3.63) is 29.8 Å². The topological polar surface area (TPSA) is 23.5 Å². The lowest BCUT2D eigenvalue weighted by molar-refractivity contribution is 0.00906. The first kappa shape index (κ1) is 14.0. The second kappa shape index (κ2) is 5.54. The van der Waals surface area contributed by atoms with E-state index in [1.54, 1.807) is 0 Å². The summed E-state index contributed by atoms with van der Waals surface area (Å²) in [6, 6.07) is 8.26. The zero-order valence-corrected chi connectivity index (χ0v) is 11.7. The largest absolute Gasteiger partial charge is 0.385 e. The summed E-state index contributed by atoms with van der Waals surface area (Å²) < 4.78 is 0. The zero-order chi connectivity index (χ0) is 13.1. The summed E-state index contributed by atoms with van der Waals surface area (Å²) in [5.74, 6) is 0.210. The van der Waals surface area contributed by atoms with Gasteiger partial charge in [-0.05, 0) is 44.4 Å². The Balaban J connectivity index is 2.95. The molecule has 0 bridgehead atoms. The van der Waals surface area contributed by atoms with E-state index in [0.717, 1.165) is 18.7 Å². The Labute approximate surface area is 105 Å². The Morgan fingerprint density at radius 1 is 1.12 bits per heavy atom. The van der Waals surface area contributed by atoms with Gasteiger partial charge in [-0.1, -0.05) is 26.0 Å². The van der Waals surface area contributed by atoms with Crippen LogP contribution in [0.2, 0.25) is 0 Å². The number of hydrogen-bond acceptors (Lipinski definition) is 2. The number of aliphatic hydroxyl groups is 1. The molecule has 0 aliphatic carbocycles. The molecule has 0 heterocycles. The van der Waals surface area contributed by atoms with E-state index < -0.39 is 5.60 Å². The lowest BCUT2D eigenvalue weighted by atomic mass is 9.85. The highest BCUT2D eigenvalue weighted by atomic mass is 16.3. The average Bonchev–Trinajstić information content (AvgIpc) is 2.31. The van der Waals surface area contributed by atoms with Gasteiger partial charge in [0.2, 0.25) is 0 Å². The molecule has 0 aliphatic rings. The molecule has 1 aromatic carbocycles. The lowest BCUT2D eigenvalue weighted by Crippen LogP contribution is -2.28. The molecule has 0 saturated heterocycles. The second-order valence-electron chi connectivity index (χ2n) is 5.02. The monoisotopic (exact) mass is 235 g/mol. The van der Waals surface area contributed by atoms with Crippen LogP contribution >= 0.6 is 0 Å². The molecule has 0 aliphatic heterocycles. The highest BCUT2D eigenvalue weighted by Crippen LogP contribution is 2.30. The van der Waals surface area contributed by atoms with Crippen molar-refractivity contribution >= 4 is 5.69 Å². The molecule has 2 nitrogen and oxygen atoms in total. The van der Waals surface area contributed by atoms with Crippen LogP contribution in [-0.2, 0) is 5.60 Å². The minimum absolute atomic E-state index is 0.210. The van der Waals surface area contributed by atoms with Gasteiger partial charge < -0.3 is 10.0 Å². The zero-order valence-electron chi connectivity index (χ0n) is 11.7. The predicted octanol–water partition coefficient (Wildman–Crippen LogP) is 3.40. The van der Waals surface area contributed by atoms with Gasteiger partial charge in [0.25, 0.3) is 0 Å².